The fraction of sp³-hybridized carbons (Fsp3) is 0.526. The predicted molar refractivity (Wildman–Crippen MR) is 96.7 cm³/mol. The molecule has 0 saturated carbocycles. The number of benzene rings is 1. The Labute approximate surface area is 153 Å². The summed E-state index contributed by atoms with van der Waals surface area (Å²) in [4.78, 5) is 17.5. The molecule has 1 amide bonds. The minimum atomic E-state index is -0.366. The van der Waals surface area contributed by atoms with Crippen LogP contribution < -0.4 is 4.74 Å². The smallest absolute Gasteiger partial charge is 0.247 e. The third-order valence-corrected chi connectivity index (χ3v) is 5.36. The van der Waals surface area contributed by atoms with Crippen LogP contribution in [0.5, 0.6) is 5.75 Å². The van der Waals surface area contributed by atoms with E-state index in [9.17, 15) is 4.79 Å². The van der Waals surface area contributed by atoms with Crippen LogP contribution in [0, 0.1) is 6.92 Å². The van der Waals surface area contributed by atoms with E-state index in [0.29, 0.717) is 6.54 Å². The van der Waals surface area contributed by atoms with Gasteiger partial charge in [0.2, 0.25) is 5.91 Å². The molecule has 7 nitrogen and oxygen atoms in total. The van der Waals surface area contributed by atoms with E-state index in [1.165, 1.54) is 0 Å². The van der Waals surface area contributed by atoms with Crippen LogP contribution in [-0.4, -0.2) is 57.2 Å². The molecule has 26 heavy (non-hydrogen) atoms. The van der Waals surface area contributed by atoms with Gasteiger partial charge in [-0.3, -0.25) is 9.69 Å². The Morgan fingerprint density at radius 3 is 2.77 bits per heavy atom. The lowest BCUT2D eigenvalue weighted by Crippen LogP contribution is -2.47. The average Bonchev–Trinajstić information content (AvgIpc) is 3.32. The molecule has 138 valence electrons. The van der Waals surface area contributed by atoms with Crippen molar-refractivity contribution in [3.8, 4) is 5.75 Å². The minimum absolute atomic E-state index is 0.152. The van der Waals surface area contributed by atoms with Gasteiger partial charge in [0.05, 0.1) is 7.11 Å². The maximum absolute atomic E-state index is 13.3. The Balaban J connectivity index is 1.64. The Kier molecular flexibility index (Phi) is 4.63. The number of likely N-dealkylation sites (tertiary alicyclic amines) is 1. The lowest BCUT2D eigenvalue weighted by molar-refractivity contribution is -0.137. The molecule has 1 atom stereocenters. The van der Waals surface area contributed by atoms with Gasteiger partial charge < -0.3 is 14.2 Å². The molecule has 1 aromatic heterocycles. The quantitative estimate of drug-likeness (QED) is 0.836. The van der Waals surface area contributed by atoms with E-state index in [4.69, 9.17) is 4.74 Å². The summed E-state index contributed by atoms with van der Waals surface area (Å²) in [6, 6.07) is 7.66. The van der Waals surface area contributed by atoms with Gasteiger partial charge in [-0.25, -0.2) is 0 Å². The molecule has 4 rings (SSSR count). The maximum Gasteiger partial charge on any atom is 0.247 e. The van der Waals surface area contributed by atoms with Crippen molar-refractivity contribution in [1.29, 1.82) is 0 Å². The number of carbonyl (C=O) groups excluding carboxylic acids is 1. The lowest BCUT2D eigenvalue weighted by Gasteiger charge is -2.36. The van der Waals surface area contributed by atoms with Crippen molar-refractivity contribution in [2.24, 2.45) is 0 Å². The summed E-state index contributed by atoms with van der Waals surface area (Å²) in [5.41, 5.74) is 1.13. The maximum atomic E-state index is 13.3. The Bertz CT molecular complexity index is 797. The number of methoxy groups -OCH3 is 1. The highest BCUT2D eigenvalue weighted by molar-refractivity contribution is 5.83. The summed E-state index contributed by atoms with van der Waals surface area (Å²) in [6.45, 7) is 5.93. The van der Waals surface area contributed by atoms with Crippen molar-refractivity contribution in [2.45, 2.75) is 38.9 Å². The molecule has 0 spiro atoms. The second-order valence-electron chi connectivity index (χ2n) is 7.01. The molecule has 2 aromatic rings. The van der Waals surface area contributed by atoms with Gasteiger partial charge in [-0.2, -0.15) is 0 Å². The molecule has 0 aliphatic carbocycles. The number of amides is 1. The molecule has 1 unspecified atom stereocenters. The van der Waals surface area contributed by atoms with Gasteiger partial charge in [0, 0.05) is 32.7 Å². The zero-order valence-corrected chi connectivity index (χ0v) is 15.4. The summed E-state index contributed by atoms with van der Waals surface area (Å²) < 4.78 is 7.42. The van der Waals surface area contributed by atoms with Gasteiger partial charge in [-0.1, -0.05) is 12.1 Å². The number of rotatable bonds is 4. The average molecular weight is 355 g/mol. The van der Waals surface area contributed by atoms with Crippen LogP contribution in [0.15, 0.2) is 24.3 Å². The molecule has 0 radical (unpaired) electrons. The van der Waals surface area contributed by atoms with Gasteiger partial charge in [0.15, 0.2) is 11.9 Å². The Hall–Kier alpha value is -2.41. The lowest BCUT2D eigenvalue weighted by atomic mass is 10.1. The Morgan fingerprint density at radius 2 is 2.00 bits per heavy atom. The summed E-state index contributed by atoms with van der Waals surface area (Å²) in [5.74, 6) is 2.63. The van der Waals surface area contributed by atoms with Crippen molar-refractivity contribution >= 4 is 5.91 Å². The summed E-state index contributed by atoms with van der Waals surface area (Å²) in [6.07, 6.45) is 2.17. The number of hydrogen-bond donors (Lipinski definition) is 0. The van der Waals surface area contributed by atoms with Crippen molar-refractivity contribution in [1.82, 2.24) is 24.6 Å². The first-order valence-corrected chi connectivity index (χ1v) is 9.23. The molecular formula is C19H25N5O2. The molecule has 2 aliphatic rings. The summed E-state index contributed by atoms with van der Waals surface area (Å²) in [7, 11) is 1.67. The van der Waals surface area contributed by atoms with Crippen molar-refractivity contribution in [2.75, 3.05) is 26.7 Å². The van der Waals surface area contributed by atoms with Gasteiger partial charge in [0.1, 0.15) is 11.6 Å². The molecule has 1 saturated heterocycles. The van der Waals surface area contributed by atoms with Crippen molar-refractivity contribution in [3.63, 3.8) is 0 Å². The first-order valence-electron chi connectivity index (χ1n) is 9.23. The first-order chi connectivity index (χ1) is 12.7. The second-order valence-corrected chi connectivity index (χ2v) is 7.01. The number of ether oxygens (including phenoxy) is 1. The number of carbonyl (C=O) groups is 1. The molecule has 7 heteroatoms. The number of aromatic nitrogens is 3. The van der Waals surface area contributed by atoms with Crippen molar-refractivity contribution < 1.29 is 9.53 Å². The minimum Gasteiger partial charge on any atom is -0.497 e. The van der Waals surface area contributed by atoms with Crippen LogP contribution in [-0.2, 0) is 17.9 Å². The fourth-order valence-electron chi connectivity index (χ4n) is 3.95. The third kappa shape index (κ3) is 3.07. The highest BCUT2D eigenvalue weighted by atomic mass is 16.5. The van der Waals surface area contributed by atoms with Gasteiger partial charge in [-0.05, 0) is 37.5 Å². The summed E-state index contributed by atoms with van der Waals surface area (Å²) >= 11 is 0. The van der Waals surface area contributed by atoms with Gasteiger partial charge in [-0.15, -0.1) is 10.2 Å². The van der Waals surface area contributed by atoms with Gasteiger partial charge in [0.25, 0.3) is 0 Å². The topological polar surface area (TPSA) is 63.5 Å². The number of nitrogens with zero attached hydrogens (tertiary/aromatic N) is 5. The van der Waals surface area contributed by atoms with Crippen LogP contribution in [0.2, 0.25) is 0 Å². The highest BCUT2D eigenvalue weighted by Gasteiger charge is 2.39. The van der Waals surface area contributed by atoms with Crippen LogP contribution in [0.3, 0.4) is 0 Å². The monoisotopic (exact) mass is 355 g/mol. The van der Waals surface area contributed by atoms with Crippen LogP contribution >= 0.6 is 0 Å². The van der Waals surface area contributed by atoms with Gasteiger partial charge >= 0.3 is 0 Å². The molecule has 3 heterocycles. The van der Waals surface area contributed by atoms with E-state index in [1.807, 2.05) is 30.0 Å². The predicted octanol–water partition coefficient (Wildman–Crippen LogP) is 1.77. The standard InChI is InChI=1S/C19H25N5O2/c1-14-20-21-18-17(19(25)22-8-3-4-9-22)23(10-11-24(14)18)13-15-6-5-7-16(12-15)26-2/h5-7,12,17H,3-4,8-11,13H2,1-2H3. The molecule has 2 aliphatic heterocycles. The van der Waals surface area contributed by atoms with E-state index < -0.39 is 0 Å². The van der Waals surface area contributed by atoms with Crippen LogP contribution in [0.1, 0.15) is 36.1 Å². The molecular weight excluding hydrogens is 330 g/mol. The van der Waals surface area contributed by atoms with E-state index in [2.05, 4.69) is 25.7 Å². The molecule has 0 N–H and O–H groups in total. The van der Waals surface area contributed by atoms with E-state index in [0.717, 1.165) is 62.0 Å². The van der Waals surface area contributed by atoms with E-state index in [-0.39, 0.29) is 11.9 Å². The van der Waals surface area contributed by atoms with Crippen LogP contribution in [0.25, 0.3) is 0 Å². The van der Waals surface area contributed by atoms with Crippen LogP contribution in [0.4, 0.5) is 0 Å². The molecule has 0 bridgehead atoms. The largest absolute Gasteiger partial charge is 0.497 e. The third-order valence-electron chi connectivity index (χ3n) is 5.36. The summed E-state index contributed by atoms with van der Waals surface area (Å²) in [5, 5.41) is 8.58. The fourth-order valence-corrected chi connectivity index (χ4v) is 3.95. The van der Waals surface area contributed by atoms with Crippen molar-refractivity contribution in [3.05, 3.63) is 41.5 Å². The second kappa shape index (κ2) is 7.07. The number of hydrogen-bond acceptors (Lipinski definition) is 5. The number of fused-ring (bicyclic) bond motifs is 1. The first kappa shape index (κ1) is 17.0. The molecule has 1 aromatic carbocycles. The normalized spacial score (nSPS) is 20.2. The molecule has 1 fully saturated rings. The zero-order valence-electron chi connectivity index (χ0n) is 15.4. The van der Waals surface area contributed by atoms with E-state index in [1.54, 1.807) is 7.11 Å². The number of aryl methyl sites for hydroxylation is 1. The Morgan fingerprint density at radius 1 is 1.19 bits per heavy atom. The highest BCUT2D eigenvalue weighted by Crippen LogP contribution is 2.30. The zero-order chi connectivity index (χ0) is 18.1. The van der Waals surface area contributed by atoms with E-state index >= 15 is 0 Å². The SMILES string of the molecule is COc1cccc(CN2CCn3c(C)nnc3C2C(=O)N2CCCC2)c1.